The highest BCUT2D eigenvalue weighted by Gasteiger charge is 2.16. The average molecular weight is 172 g/mol. The maximum Gasteiger partial charge on any atom is 0.357 e. The molecule has 0 aromatic carbocycles. The predicted octanol–water partition coefficient (Wildman–Crippen LogP) is -1.20. The molecule has 0 aliphatic carbocycles. The second kappa shape index (κ2) is 4.22. The van der Waals surface area contributed by atoms with Gasteiger partial charge in [-0.2, -0.15) is 0 Å². The summed E-state index contributed by atoms with van der Waals surface area (Å²) in [6.45, 7) is 0.748. The van der Waals surface area contributed by atoms with Crippen LogP contribution in [0.25, 0.3) is 0 Å². The predicted molar refractivity (Wildman–Crippen MR) is 39.1 cm³/mol. The molecule has 6 heteroatoms. The Morgan fingerprint density at radius 1 is 1.42 bits per heavy atom. The monoisotopic (exact) mass is 172 g/mol. The number of carbonyl (C=O) groups is 3. The van der Waals surface area contributed by atoms with Crippen LogP contribution in [0, 0.1) is 5.41 Å². The third kappa shape index (κ3) is 3.45. The molecule has 0 fully saturated rings. The maximum atomic E-state index is 10.7. The molecule has 0 aliphatic heterocycles. The number of aliphatic carboxylic acids is 1. The molecule has 0 saturated heterocycles. The van der Waals surface area contributed by atoms with E-state index in [1.165, 1.54) is 6.92 Å². The van der Waals surface area contributed by atoms with E-state index < -0.39 is 29.9 Å². The van der Waals surface area contributed by atoms with E-state index in [9.17, 15) is 14.4 Å². The molecule has 0 heterocycles. The molecule has 0 spiro atoms. The van der Waals surface area contributed by atoms with Crippen LogP contribution in [0.1, 0.15) is 6.92 Å². The Bertz CT molecular complexity index is 246. The van der Waals surface area contributed by atoms with Crippen molar-refractivity contribution in [2.75, 3.05) is 6.54 Å². The number of amides is 1. The highest BCUT2D eigenvalue weighted by Crippen LogP contribution is 1.77. The van der Waals surface area contributed by atoms with Crippen molar-refractivity contribution in [1.29, 1.82) is 5.41 Å². The summed E-state index contributed by atoms with van der Waals surface area (Å²) < 4.78 is 0. The molecule has 66 valence electrons. The molecule has 0 bridgehead atoms. The number of hydrogen-bond acceptors (Lipinski definition) is 4. The highest BCUT2D eigenvalue weighted by molar-refractivity contribution is 6.63. The first-order valence-electron chi connectivity index (χ1n) is 3.04. The minimum absolute atomic E-state index is 0.443. The lowest BCUT2D eigenvalue weighted by molar-refractivity contribution is -0.130. The fourth-order valence-electron chi connectivity index (χ4n) is 0.412. The molecule has 0 rings (SSSR count). The van der Waals surface area contributed by atoms with Gasteiger partial charge in [0.05, 0.1) is 6.54 Å². The molecule has 0 atom stereocenters. The summed E-state index contributed by atoms with van der Waals surface area (Å²) in [6, 6.07) is 0. The number of hydrogen-bond donors (Lipinski definition) is 3. The van der Waals surface area contributed by atoms with Crippen LogP contribution in [0.3, 0.4) is 0 Å². The zero-order valence-corrected chi connectivity index (χ0v) is 6.38. The zero-order valence-electron chi connectivity index (χ0n) is 6.38. The van der Waals surface area contributed by atoms with Crippen molar-refractivity contribution < 1.29 is 19.5 Å². The molecule has 0 radical (unpaired) electrons. The molecule has 6 nitrogen and oxygen atoms in total. The van der Waals surface area contributed by atoms with Crippen molar-refractivity contribution in [3.63, 3.8) is 0 Å². The van der Waals surface area contributed by atoms with Gasteiger partial charge in [-0.3, -0.25) is 15.0 Å². The molecule has 0 saturated carbocycles. The zero-order chi connectivity index (χ0) is 9.72. The Morgan fingerprint density at radius 2 is 1.92 bits per heavy atom. The van der Waals surface area contributed by atoms with Crippen molar-refractivity contribution in [2.24, 2.45) is 0 Å². The van der Waals surface area contributed by atoms with Gasteiger partial charge in [0.15, 0.2) is 5.71 Å². The number of carbonyl (C=O) groups excluding carboxylic acids is 2. The van der Waals surface area contributed by atoms with Gasteiger partial charge in [-0.25, -0.2) is 4.79 Å². The van der Waals surface area contributed by atoms with Gasteiger partial charge in [0.1, 0.15) is 0 Å². The van der Waals surface area contributed by atoms with Crippen LogP contribution in [0.5, 0.6) is 0 Å². The minimum Gasteiger partial charge on any atom is -0.476 e. The van der Waals surface area contributed by atoms with Gasteiger partial charge < -0.3 is 10.4 Å². The SMILES string of the molecule is CC(=O)NCC(=O)C(=N)C(=O)O. The Labute approximate surface area is 68.1 Å². The normalized spacial score (nSPS) is 8.75. The van der Waals surface area contributed by atoms with Gasteiger partial charge >= 0.3 is 5.97 Å². The maximum absolute atomic E-state index is 10.7. The van der Waals surface area contributed by atoms with Crippen LogP contribution >= 0.6 is 0 Å². The van der Waals surface area contributed by atoms with Crippen LogP contribution in [0.15, 0.2) is 0 Å². The number of Topliss-reactive ketones (excluding diaryl/α,β-unsaturated/α-hetero) is 1. The first-order valence-corrected chi connectivity index (χ1v) is 3.04. The van der Waals surface area contributed by atoms with Gasteiger partial charge in [-0.1, -0.05) is 0 Å². The molecule has 0 aromatic rings. The first kappa shape index (κ1) is 10.3. The number of carboxylic acids is 1. The van der Waals surface area contributed by atoms with Crippen molar-refractivity contribution in [3.05, 3.63) is 0 Å². The van der Waals surface area contributed by atoms with E-state index in [0.29, 0.717) is 0 Å². The number of rotatable bonds is 4. The molecule has 0 aromatic heterocycles. The van der Waals surface area contributed by atoms with E-state index >= 15 is 0 Å². The van der Waals surface area contributed by atoms with Crippen LogP contribution in [-0.4, -0.2) is 35.0 Å². The Kier molecular flexibility index (Phi) is 3.61. The summed E-state index contributed by atoms with van der Waals surface area (Å²) in [7, 11) is 0. The number of carboxylic acid groups (broad SMARTS) is 1. The van der Waals surface area contributed by atoms with Gasteiger partial charge in [-0.05, 0) is 0 Å². The molecule has 12 heavy (non-hydrogen) atoms. The largest absolute Gasteiger partial charge is 0.476 e. The molecule has 3 N–H and O–H groups in total. The van der Waals surface area contributed by atoms with Crippen molar-refractivity contribution >= 4 is 23.4 Å². The summed E-state index contributed by atoms with van der Waals surface area (Å²) in [4.78, 5) is 31.0. The summed E-state index contributed by atoms with van der Waals surface area (Å²) in [5.74, 6) is -2.95. The van der Waals surface area contributed by atoms with Crippen LogP contribution in [-0.2, 0) is 14.4 Å². The summed E-state index contributed by atoms with van der Waals surface area (Å²) >= 11 is 0. The molecular formula is C6H8N2O4. The van der Waals surface area contributed by atoms with Crippen LogP contribution < -0.4 is 5.32 Å². The van der Waals surface area contributed by atoms with Gasteiger partial charge in [0, 0.05) is 6.92 Å². The summed E-state index contributed by atoms with van der Waals surface area (Å²) in [6.07, 6.45) is 0. The lowest BCUT2D eigenvalue weighted by Gasteiger charge is -1.98. The smallest absolute Gasteiger partial charge is 0.357 e. The lowest BCUT2D eigenvalue weighted by Crippen LogP contribution is -2.34. The fourth-order valence-corrected chi connectivity index (χ4v) is 0.412. The van der Waals surface area contributed by atoms with Gasteiger partial charge in [-0.15, -0.1) is 0 Å². The first-order chi connectivity index (χ1) is 5.45. The van der Waals surface area contributed by atoms with E-state index in [-0.39, 0.29) is 0 Å². The Morgan fingerprint density at radius 3 is 2.25 bits per heavy atom. The van der Waals surface area contributed by atoms with Crippen molar-refractivity contribution in [2.45, 2.75) is 6.92 Å². The highest BCUT2D eigenvalue weighted by atomic mass is 16.4. The third-order valence-corrected chi connectivity index (χ3v) is 0.991. The van der Waals surface area contributed by atoms with Crippen molar-refractivity contribution in [3.8, 4) is 0 Å². The van der Waals surface area contributed by atoms with Crippen LogP contribution in [0.2, 0.25) is 0 Å². The molecule has 1 amide bonds. The average Bonchev–Trinajstić information content (AvgIpc) is 1.98. The number of nitrogens with one attached hydrogen (secondary N) is 2. The van der Waals surface area contributed by atoms with E-state index in [1.807, 2.05) is 0 Å². The van der Waals surface area contributed by atoms with E-state index in [0.717, 1.165) is 0 Å². The van der Waals surface area contributed by atoms with Crippen molar-refractivity contribution in [1.82, 2.24) is 5.32 Å². The van der Waals surface area contributed by atoms with Gasteiger partial charge in [0.25, 0.3) is 0 Å². The van der Waals surface area contributed by atoms with E-state index in [4.69, 9.17) is 10.5 Å². The second-order valence-electron chi connectivity index (χ2n) is 2.01. The standard InChI is InChI=1S/C6H8N2O4/c1-3(9)8-2-4(10)5(7)6(11)12/h7H,2H2,1H3,(H,8,9)(H,11,12). The summed E-state index contributed by atoms with van der Waals surface area (Å²) in [5.41, 5.74) is -1.02. The van der Waals surface area contributed by atoms with E-state index in [2.05, 4.69) is 5.32 Å². The third-order valence-electron chi connectivity index (χ3n) is 0.991. The lowest BCUT2D eigenvalue weighted by atomic mass is 10.2. The molecular weight excluding hydrogens is 164 g/mol. The topological polar surface area (TPSA) is 107 Å². The fraction of sp³-hybridized carbons (Fsp3) is 0.333. The second-order valence-corrected chi connectivity index (χ2v) is 2.01. The quantitative estimate of drug-likeness (QED) is 0.365. The molecule has 0 unspecified atom stereocenters. The van der Waals surface area contributed by atoms with Gasteiger partial charge in [0.2, 0.25) is 11.7 Å². The minimum atomic E-state index is -1.59. The molecule has 0 aliphatic rings. The summed E-state index contributed by atoms with van der Waals surface area (Å²) in [5, 5.41) is 16.9. The number of ketones is 1. The van der Waals surface area contributed by atoms with Crippen LogP contribution in [0.4, 0.5) is 0 Å². The Balaban J connectivity index is 3.97. The van der Waals surface area contributed by atoms with E-state index in [1.54, 1.807) is 0 Å². The Hall–Kier alpha value is -1.72.